The van der Waals surface area contributed by atoms with Crippen LogP contribution in [0.25, 0.3) is 0 Å². The first-order valence-corrected chi connectivity index (χ1v) is 7.40. The van der Waals surface area contributed by atoms with Crippen LogP contribution in [0.5, 0.6) is 0 Å². The van der Waals surface area contributed by atoms with Gasteiger partial charge in [0.2, 0.25) is 5.91 Å². The Bertz CT molecular complexity index is 710. The average molecular weight is 330 g/mol. The molecule has 0 aliphatic heterocycles. The maximum atomic E-state index is 11.9. The standard InChI is InChI=1S/C17H18N2O5/c1-23-17(22)12-5-2-6-13(11-12)19-15(20)8-3-9-18-16(21)14-7-4-10-24-14/h2,4-7,10-11H,3,8-9H2,1H3,(H,18,21)(H,19,20). The number of methoxy groups -OCH3 is 1. The SMILES string of the molecule is COC(=O)c1cccc(NC(=O)CCCNC(=O)c2ccco2)c1. The molecule has 0 bridgehead atoms. The molecule has 0 fully saturated rings. The third kappa shape index (κ3) is 4.98. The number of esters is 1. The minimum Gasteiger partial charge on any atom is -0.465 e. The fourth-order valence-corrected chi connectivity index (χ4v) is 2.01. The molecule has 0 aliphatic rings. The molecule has 2 aromatic rings. The zero-order valence-electron chi connectivity index (χ0n) is 13.2. The number of furan rings is 1. The summed E-state index contributed by atoms with van der Waals surface area (Å²) in [4.78, 5) is 34.9. The maximum Gasteiger partial charge on any atom is 0.337 e. The number of hydrogen-bond acceptors (Lipinski definition) is 5. The van der Waals surface area contributed by atoms with Gasteiger partial charge in [-0.05, 0) is 36.8 Å². The molecule has 126 valence electrons. The van der Waals surface area contributed by atoms with E-state index in [-0.39, 0.29) is 24.0 Å². The minimum atomic E-state index is -0.466. The molecule has 0 aliphatic carbocycles. The van der Waals surface area contributed by atoms with Crippen LogP contribution in [0.15, 0.2) is 47.1 Å². The van der Waals surface area contributed by atoms with E-state index in [9.17, 15) is 14.4 Å². The summed E-state index contributed by atoms with van der Waals surface area (Å²) < 4.78 is 9.59. The molecule has 2 amide bonds. The van der Waals surface area contributed by atoms with Gasteiger partial charge in [-0.15, -0.1) is 0 Å². The van der Waals surface area contributed by atoms with Gasteiger partial charge in [0.1, 0.15) is 0 Å². The molecular weight excluding hydrogens is 312 g/mol. The van der Waals surface area contributed by atoms with E-state index in [1.165, 1.54) is 13.4 Å². The van der Waals surface area contributed by atoms with Crippen molar-refractivity contribution < 1.29 is 23.5 Å². The van der Waals surface area contributed by atoms with E-state index in [0.717, 1.165) is 0 Å². The summed E-state index contributed by atoms with van der Waals surface area (Å²) in [5.41, 5.74) is 0.878. The molecule has 7 nitrogen and oxygen atoms in total. The Labute approximate surface area is 139 Å². The Morgan fingerprint density at radius 3 is 2.71 bits per heavy atom. The minimum absolute atomic E-state index is 0.204. The second kappa shape index (κ2) is 8.52. The summed E-state index contributed by atoms with van der Waals surface area (Å²) in [5.74, 6) is -0.749. The van der Waals surface area contributed by atoms with E-state index < -0.39 is 5.97 Å². The monoisotopic (exact) mass is 330 g/mol. The first-order chi connectivity index (χ1) is 11.6. The molecule has 1 aromatic heterocycles. The number of amides is 2. The van der Waals surface area contributed by atoms with E-state index in [0.29, 0.717) is 24.2 Å². The second-order valence-corrected chi connectivity index (χ2v) is 4.96. The fraction of sp³-hybridized carbons (Fsp3) is 0.235. The van der Waals surface area contributed by atoms with Crippen LogP contribution in [0.3, 0.4) is 0 Å². The smallest absolute Gasteiger partial charge is 0.337 e. The Kier molecular flexibility index (Phi) is 6.13. The van der Waals surface area contributed by atoms with Crippen molar-refractivity contribution in [1.29, 1.82) is 0 Å². The molecule has 0 saturated carbocycles. The van der Waals surface area contributed by atoms with E-state index >= 15 is 0 Å². The third-order valence-electron chi connectivity index (χ3n) is 3.18. The van der Waals surface area contributed by atoms with Crippen molar-refractivity contribution in [3.05, 3.63) is 54.0 Å². The van der Waals surface area contributed by atoms with Gasteiger partial charge in [0, 0.05) is 18.7 Å². The highest BCUT2D eigenvalue weighted by atomic mass is 16.5. The topological polar surface area (TPSA) is 97.6 Å². The van der Waals surface area contributed by atoms with Gasteiger partial charge in [-0.25, -0.2) is 4.79 Å². The number of nitrogens with one attached hydrogen (secondary N) is 2. The molecule has 2 N–H and O–H groups in total. The quantitative estimate of drug-likeness (QED) is 0.599. The van der Waals surface area contributed by atoms with Crippen molar-refractivity contribution in [2.24, 2.45) is 0 Å². The first kappa shape index (κ1) is 17.3. The average Bonchev–Trinajstić information content (AvgIpc) is 3.12. The molecule has 0 unspecified atom stereocenters. The molecule has 1 heterocycles. The van der Waals surface area contributed by atoms with Gasteiger partial charge in [-0.1, -0.05) is 6.07 Å². The highest BCUT2D eigenvalue weighted by Crippen LogP contribution is 2.12. The Balaban J connectivity index is 1.73. The largest absolute Gasteiger partial charge is 0.465 e. The van der Waals surface area contributed by atoms with Gasteiger partial charge in [0.05, 0.1) is 18.9 Å². The molecule has 0 spiro atoms. The molecular formula is C17H18N2O5. The lowest BCUT2D eigenvalue weighted by molar-refractivity contribution is -0.116. The normalized spacial score (nSPS) is 10.0. The Morgan fingerprint density at radius 1 is 1.17 bits per heavy atom. The highest BCUT2D eigenvalue weighted by molar-refractivity contribution is 5.94. The van der Waals surface area contributed by atoms with E-state index in [1.54, 1.807) is 36.4 Å². The summed E-state index contributed by atoms with van der Waals surface area (Å²) >= 11 is 0. The van der Waals surface area contributed by atoms with Crippen LogP contribution >= 0.6 is 0 Å². The molecule has 7 heteroatoms. The lowest BCUT2D eigenvalue weighted by Crippen LogP contribution is -2.25. The van der Waals surface area contributed by atoms with Crippen molar-refractivity contribution in [2.75, 3.05) is 19.0 Å². The predicted octanol–water partition coefficient (Wildman–Crippen LogP) is 2.21. The Hall–Kier alpha value is -3.09. The van der Waals surface area contributed by atoms with Gasteiger partial charge >= 0.3 is 5.97 Å². The predicted molar refractivity (Wildman–Crippen MR) is 86.7 cm³/mol. The summed E-state index contributed by atoms with van der Waals surface area (Å²) in [6.45, 7) is 0.356. The van der Waals surface area contributed by atoms with Crippen molar-refractivity contribution in [2.45, 2.75) is 12.8 Å². The van der Waals surface area contributed by atoms with Gasteiger partial charge in [0.15, 0.2) is 5.76 Å². The van der Waals surface area contributed by atoms with Crippen molar-refractivity contribution in [1.82, 2.24) is 5.32 Å². The van der Waals surface area contributed by atoms with Crippen LogP contribution < -0.4 is 10.6 Å². The molecule has 0 atom stereocenters. The van der Waals surface area contributed by atoms with Crippen LogP contribution in [-0.4, -0.2) is 31.4 Å². The van der Waals surface area contributed by atoms with Crippen molar-refractivity contribution in [3.63, 3.8) is 0 Å². The number of benzene rings is 1. The summed E-state index contributed by atoms with van der Waals surface area (Å²) in [5, 5.41) is 5.36. The number of carbonyl (C=O) groups is 3. The molecule has 0 radical (unpaired) electrons. The summed E-state index contributed by atoms with van der Waals surface area (Å²) in [6.07, 6.45) is 2.14. The number of anilines is 1. The van der Waals surface area contributed by atoms with Gasteiger partial charge in [-0.2, -0.15) is 0 Å². The molecule has 0 saturated heterocycles. The number of ether oxygens (including phenoxy) is 1. The van der Waals surface area contributed by atoms with Crippen molar-refractivity contribution >= 4 is 23.5 Å². The highest BCUT2D eigenvalue weighted by Gasteiger charge is 2.09. The fourth-order valence-electron chi connectivity index (χ4n) is 2.01. The second-order valence-electron chi connectivity index (χ2n) is 4.96. The van der Waals surface area contributed by atoms with Gasteiger partial charge in [0.25, 0.3) is 5.91 Å². The third-order valence-corrected chi connectivity index (χ3v) is 3.18. The summed E-state index contributed by atoms with van der Waals surface area (Å²) in [7, 11) is 1.30. The number of hydrogen-bond donors (Lipinski definition) is 2. The van der Waals surface area contributed by atoms with Crippen LogP contribution in [-0.2, 0) is 9.53 Å². The van der Waals surface area contributed by atoms with E-state index in [4.69, 9.17) is 4.42 Å². The van der Waals surface area contributed by atoms with Crippen LogP contribution in [0.2, 0.25) is 0 Å². The lowest BCUT2D eigenvalue weighted by atomic mass is 10.2. The number of carbonyl (C=O) groups excluding carboxylic acids is 3. The first-order valence-electron chi connectivity index (χ1n) is 7.40. The summed E-state index contributed by atoms with van der Waals surface area (Å²) in [6, 6.07) is 9.68. The van der Waals surface area contributed by atoms with E-state index in [2.05, 4.69) is 15.4 Å². The molecule has 1 aromatic carbocycles. The molecule has 24 heavy (non-hydrogen) atoms. The molecule has 2 rings (SSSR count). The van der Waals surface area contributed by atoms with Crippen LogP contribution in [0.1, 0.15) is 33.8 Å². The van der Waals surface area contributed by atoms with Gasteiger partial charge < -0.3 is 19.8 Å². The lowest BCUT2D eigenvalue weighted by Gasteiger charge is -2.07. The van der Waals surface area contributed by atoms with E-state index in [1.807, 2.05) is 0 Å². The van der Waals surface area contributed by atoms with Gasteiger partial charge in [-0.3, -0.25) is 9.59 Å². The van der Waals surface area contributed by atoms with Crippen LogP contribution in [0.4, 0.5) is 5.69 Å². The maximum absolute atomic E-state index is 11.9. The van der Waals surface area contributed by atoms with Crippen molar-refractivity contribution in [3.8, 4) is 0 Å². The van der Waals surface area contributed by atoms with Crippen LogP contribution in [0, 0.1) is 0 Å². The zero-order valence-corrected chi connectivity index (χ0v) is 13.2. The number of rotatable bonds is 7. The zero-order chi connectivity index (χ0) is 17.4. The Morgan fingerprint density at radius 2 is 2.00 bits per heavy atom.